The van der Waals surface area contributed by atoms with Crippen molar-refractivity contribution in [2.45, 2.75) is 33.6 Å². The van der Waals surface area contributed by atoms with Gasteiger partial charge in [0.2, 0.25) is 0 Å². The molecule has 0 aliphatic carbocycles. The Morgan fingerprint density at radius 1 is 1.22 bits per heavy atom. The molecule has 3 heteroatoms. The van der Waals surface area contributed by atoms with Gasteiger partial charge in [0.15, 0.2) is 5.78 Å². The van der Waals surface area contributed by atoms with E-state index in [1.165, 1.54) is 16.9 Å². The maximum atomic E-state index is 11.6. The van der Waals surface area contributed by atoms with Crippen molar-refractivity contribution in [3.05, 3.63) is 40.4 Å². The zero-order valence-corrected chi connectivity index (χ0v) is 12.0. The predicted molar refractivity (Wildman–Crippen MR) is 76.4 cm³/mol. The first kappa shape index (κ1) is 13.0. The molecule has 18 heavy (non-hydrogen) atoms. The van der Waals surface area contributed by atoms with Crippen LogP contribution >= 0.6 is 11.3 Å². The average molecular weight is 259 g/mol. The number of Topliss-reactive ketones (excluding diaryl/α,β-unsaturated/α-hetero) is 1. The molecule has 0 amide bonds. The molecular weight excluding hydrogens is 242 g/mol. The van der Waals surface area contributed by atoms with E-state index in [1.807, 2.05) is 0 Å². The van der Waals surface area contributed by atoms with Crippen LogP contribution in [0.25, 0.3) is 10.6 Å². The molecule has 0 radical (unpaired) electrons. The standard InChI is InChI=1S/C15H17NOS/c1-9(2)13-14(11(4)17)18-15(16-13)12-7-5-10(3)6-8-12/h5-9H,1-4H3. The molecule has 0 bridgehead atoms. The summed E-state index contributed by atoms with van der Waals surface area (Å²) in [5.41, 5.74) is 3.23. The van der Waals surface area contributed by atoms with E-state index in [0.717, 1.165) is 21.1 Å². The van der Waals surface area contributed by atoms with Gasteiger partial charge in [-0.15, -0.1) is 11.3 Å². The number of carbonyl (C=O) groups excluding carboxylic acids is 1. The molecular formula is C15H17NOS. The number of benzene rings is 1. The van der Waals surface area contributed by atoms with Crippen LogP contribution in [0.3, 0.4) is 0 Å². The van der Waals surface area contributed by atoms with E-state index < -0.39 is 0 Å². The molecule has 0 saturated carbocycles. The van der Waals surface area contributed by atoms with Crippen molar-refractivity contribution in [1.82, 2.24) is 4.98 Å². The Morgan fingerprint density at radius 2 is 1.83 bits per heavy atom. The SMILES string of the molecule is CC(=O)c1sc(-c2ccc(C)cc2)nc1C(C)C. The lowest BCUT2D eigenvalue weighted by Gasteiger charge is -2.01. The summed E-state index contributed by atoms with van der Waals surface area (Å²) in [5, 5.41) is 0.934. The maximum absolute atomic E-state index is 11.6. The van der Waals surface area contributed by atoms with Crippen LogP contribution in [0.1, 0.15) is 47.6 Å². The van der Waals surface area contributed by atoms with E-state index in [1.54, 1.807) is 6.92 Å². The van der Waals surface area contributed by atoms with Gasteiger partial charge < -0.3 is 0 Å². The molecule has 94 valence electrons. The minimum Gasteiger partial charge on any atom is -0.294 e. The number of hydrogen-bond donors (Lipinski definition) is 0. The Labute approximate surface area is 112 Å². The first-order valence-electron chi connectivity index (χ1n) is 6.07. The third-order valence-corrected chi connectivity index (χ3v) is 4.04. The molecule has 1 heterocycles. The van der Waals surface area contributed by atoms with Crippen LogP contribution in [-0.2, 0) is 0 Å². The van der Waals surface area contributed by atoms with Crippen LogP contribution in [0.15, 0.2) is 24.3 Å². The minimum absolute atomic E-state index is 0.106. The van der Waals surface area contributed by atoms with E-state index in [2.05, 4.69) is 50.0 Å². The monoisotopic (exact) mass is 259 g/mol. The fourth-order valence-corrected chi connectivity index (χ4v) is 2.92. The van der Waals surface area contributed by atoms with Crippen molar-refractivity contribution in [3.8, 4) is 10.6 Å². The number of carbonyl (C=O) groups is 1. The summed E-state index contributed by atoms with van der Waals surface area (Å²) in [5.74, 6) is 0.383. The molecule has 0 aliphatic heterocycles. The molecule has 2 rings (SSSR count). The van der Waals surface area contributed by atoms with Crippen LogP contribution in [0.5, 0.6) is 0 Å². The minimum atomic E-state index is 0.106. The largest absolute Gasteiger partial charge is 0.294 e. The van der Waals surface area contributed by atoms with Crippen molar-refractivity contribution in [1.29, 1.82) is 0 Å². The lowest BCUT2D eigenvalue weighted by atomic mass is 10.1. The summed E-state index contributed by atoms with van der Waals surface area (Å²) in [6, 6.07) is 8.25. The van der Waals surface area contributed by atoms with E-state index in [4.69, 9.17) is 0 Å². The first-order chi connectivity index (χ1) is 8.49. The second kappa shape index (κ2) is 5.02. The Morgan fingerprint density at radius 3 is 2.28 bits per heavy atom. The Hall–Kier alpha value is -1.48. The highest BCUT2D eigenvalue weighted by atomic mass is 32.1. The van der Waals surface area contributed by atoms with E-state index in [0.29, 0.717) is 0 Å². The maximum Gasteiger partial charge on any atom is 0.171 e. The van der Waals surface area contributed by atoms with Crippen molar-refractivity contribution in [2.24, 2.45) is 0 Å². The smallest absolute Gasteiger partial charge is 0.171 e. The van der Waals surface area contributed by atoms with Gasteiger partial charge >= 0.3 is 0 Å². The zero-order chi connectivity index (χ0) is 13.3. The zero-order valence-electron chi connectivity index (χ0n) is 11.2. The number of nitrogens with zero attached hydrogens (tertiary/aromatic N) is 1. The number of ketones is 1. The molecule has 2 aromatic rings. The number of aryl methyl sites for hydroxylation is 1. The summed E-state index contributed by atoms with van der Waals surface area (Å²) < 4.78 is 0. The topological polar surface area (TPSA) is 30.0 Å². The van der Waals surface area contributed by atoms with Gasteiger partial charge in [0.25, 0.3) is 0 Å². The predicted octanol–water partition coefficient (Wildman–Crippen LogP) is 4.44. The Kier molecular flexibility index (Phi) is 3.62. The summed E-state index contributed by atoms with van der Waals surface area (Å²) in [6.45, 7) is 7.81. The lowest BCUT2D eigenvalue weighted by Crippen LogP contribution is -1.97. The molecule has 0 N–H and O–H groups in total. The van der Waals surface area contributed by atoms with Gasteiger partial charge in [-0.3, -0.25) is 4.79 Å². The van der Waals surface area contributed by atoms with E-state index >= 15 is 0 Å². The van der Waals surface area contributed by atoms with Gasteiger partial charge in [0, 0.05) is 12.5 Å². The fourth-order valence-electron chi connectivity index (χ4n) is 1.80. The highest BCUT2D eigenvalue weighted by Gasteiger charge is 2.18. The molecule has 1 aromatic heterocycles. The first-order valence-corrected chi connectivity index (χ1v) is 6.89. The van der Waals surface area contributed by atoms with Gasteiger partial charge in [-0.2, -0.15) is 0 Å². The highest BCUT2D eigenvalue weighted by molar-refractivity contribution is 7.17. The van der Waals surface area contributed by atoms with Gasteiger partial charge in [-0.1, -0.05) is 43.7 Å². The van der Waals surface area contributed by atoms with Crippen molar-refractivity contribution in [2.75, 3.05) is 0 Å². The normalized spacial score (nSPS) is 10.9. The van der Waals surface area contributed by atoms with Crippen LogP contribution < -0.4 is 0 Å². The molecule has 0 spiro atoms. The van der Waals surface area contributed by atoms with Gasteiger partial charge in [-0.05, 0) is 12.8 Å². The Balaban J connectivity index is 2.49. The number of thiazole rings is 1. The van der Waals surface area contributed by atoms with Crippen LogP contribution in [0.4, 0.5) is 0 Å². The summed E-state index contributed by atoms with van der Waals surface area (Å²) in [6.07, 6.45) is 0. The average Bonchev–Trinajstić information content (AvgIpc) is 2.75. The molecule has 0 atom stereocenters. The fraction of sp³-hybridized carbons (Fsp3) is 0.333. The van der Waals surface area contributed by atoms with Crippen molar-refractivity contribution >= 4 is 17.1 Å². The number of hydrogen-bond acceptors (Lipinski definition) is 3. The molecule has 0 unspecified atom stereocenters. The highest BCUT2D eigenvalue weighted by Crippen LogP contribution is 2.32. The Bertz CT molecular complexity index is 567. The van der Waals surface area contributed by atoms with Gasteiger partial charge in [-0.25, -0.2) is 4.98 Å². The summed E-state index contributed by atoms with van der Waals surface area (Å²) >= 11 is 1.49. The van der Waals surface area contributed by atoms with E-state index in [9.17, 15) is 4.79 Å². The summed E-state index contributed by atoms with van der Waals surface area (Å²) in [7, 11) is 0. The van der Waals surface area contributed by atoms with Crippen molar-refractivity contribution in [3.63, 3.8) is 0 Å². The van der Waals surface area contributed by atoms with Crippen LogP contribution in [0, 0.1) is 6.92 Å². The summed E-state index contributed by atoms with van der Waals surface area (Å²) in [4.78, 5) is 17.1. The molecule has 1 aromatic carbocycles. The molecule has 0 fully saturated rings. The molecule has 0 aliphatic rings. The quantitative estimate of drug-likeness (QED) is 0.762. The van der Waals surface area contributed by atoms with Gasteiger partial charge in [0.05, 0.1) is 10.6 Å². The van der Waals surface area contributed by atoms with E-state index in [-0.39, 0.29) is 11.7 Å². The van der Waals surface area contributed by atoms with Crippen molar-refractivity contribution < 1.29 is 4.79 Å². The lowest BCUT2D eigenvalue weighted by molar-refractivity contribution is 0.102. The van der Waals surface area contributed by atoms with Gasteiger partial charge in [0.1, 0.15) is 5.01 Å². The molecule has 2 nitrogen and oxygen atoms in total. The third kappa shape index (κ3) is 2.51. The number of aromatic nitrogens is 1. The second-order valence-electron chi connectivity index (χ2n) is 4.81. The molecule has 0 saturated heterocycles. The second-order valence-corrected chi connectivity index (χ2v) is 5.81. The number of rotatable bonds is 3. The third-order valence-electron chi connectivity index (χ3n) is 2.82. The van der Waals surface area contributed by atoms with Crippen LogP contribution in [0.2, 0.25) is 0 Å². The van der Waals surface area contributed by atoms with Crippen LogP contribution in [-0.4, -0.2) is 10.8 Å².